The number of hydrogen-bond donors (Lipinski definition) is 2. The average Bonchev–Trinajstić information content (AvgIpc) is 2.36. The van der Waals surface area contributed by atoms with E-state index >= 15 is 0 Å². The molecule has 1 rings (SSSR count). The first-order valence-corrected chi connectivity index (χ1v) is 7.73. The van der Waals surface area contributed by atoms with Crippen LogP contribution < -0.4 is 15.8 Å². The van der Waals surface area contributed by atoms with E-state index in [1.165, 1.54) is 0 Å². The molecule has 0 fully saturated rings. The number of carbonyl (C=O) groups is 1. The Morgan fingerprint density at radius 1 is 1.33 bits per heavy atom. The molecule has 1 atom stereocenters. The average molecular weight is 357 g/mol. The Morgan fingerprint density at radius 2 is 1.90 bits per heavy atom. The van der Waals surface area contributed by atoms with Crippen LogP contribution in [0.2, 0.25) is 0 Å². The molecule has 5 heteroatoms. The minimum absolute atomic E-state index is 0.0607. The van der Waals surface area contributed by atoms with Gasteiger partial charge in [0.1, 0.15) is 5.75 Å². The summed E-state index contributed by atoms with van der Waals surface area (Å²) in [5, 5.41) is 3.03. The molecule has 1 aromatic carbocycles. The number of rotatable bonds is 5. The quantitative estimate of drug-likeness (QED) is 0.849. The van der Waals surface area contributed by atoms with Crippen LogP contribution >= 0.6 is 15.9 Å². The van der Waals surface area contributed by atoms with Crippen molar-refractivity contribution in [1.29, 1.82) is 0 Å². The number of nitrogens with one attached hydrogen (secondary N) is 1. The fourth-order valence-corrected chi connectivity index (χ4v) is 2.26. The molecule has 1 amide bonds. The molecule has 0 saturated heterocycles. The molecule has 0 heterocycles. The Bertz CT molecular complexity index is 521. The van der Waals surface area contributed by atoms with Crippen molar-refractivity contribution < 1.29 is 9.53 Å². The number of benzene rings is 1. The first kappa shape index (κ1) is 18.0. The Morgan fingerprint density at radius 3 is 2.33 bits per heavy atom. The molecule has 0 aliphatic carbocycles. The smallest absolute Gasteiger partial charge is 0.227 e. The molecule has 1 aromatic rings. The number of amides is 1. The van der Waals surface area contributed by atoms with Gasteiger partial charge in [-0.1, -0.05) is 6.07 Å². The van der Waals surface area contributed by atoms with Crippen LogP contribution in [0.5, 0.6) is 5.75 Å². The number of ether oxygens (including phenoxy) is 1. The van der Waals surface area contributed by atoms with Crippen molar-refractivity contribution in [3.8, 4) is 5.75 Å². The molecule has 0 aliphatic rings. The SMILES string of the molecule is COc1ccc(C(C)NC(=O)C(C)(C)C(C)(C)N)cc1Br. The number of nitrogens with two attached hydrogens (primary N) is 1. The summed E-state index contributed by atoms with van der Waals surface area (Å²) in [6, 6.07) is 5.65. The van der Waals surface area contributed by atoms with Gasteiger partial charge in [-0.3, -0.25) is 4.79 Å². The van der Waals surface area contributed by atoms with Crippen LogP contribution in [0.3, 0.4) is 0 Å². The van der Waals surface area contributed by atoms with Gasteiger partial charge in [-0.2, -0.15) is 0 Å². The zero-order valence-electron chi connectivity index (χ0n) is 13.6. The monoisotopic (exact) mass is 356 g/mol. The second kappa shape index (κ2) is 6.36. The topological polar surface area (TPSA) is 64.3 Å². The van der Waals surface area contributed by atoms with Gasteiger partial charge >= 0.3 is 0 Å². The summed E-state index contributed by atoms with van der Waals surface area (Å²) in [7, 11) is 1.62. The summed E-state index contributed by atoms with van der Waals surface area (Å²) in [4.78, 5) is 12.5. The lowest BCUT2D eigenvalue weighted by Gasteiger charge is -2.37. The Labute approximate surface area is 135 Å². The van der Waals surface area contributed by atoms with E-state index in [0.717, 1.165) is 15.8 Å². The van der Waals surface area contributed by atoms with Gasteiger partial charge in [0, 0.05) is 5.54 Å². The Balaban J connectivity index is 2.89. The fourth-order valence-electron chi connectivity index (χ4n) is 1.70. The third-order valence-electron chi connectivity index (χ3n) is 4.20. The van der Waals surface area contributed by atoms with Gasteiger partial charge in [0.05, 0.1) is 23.0 Å². The summed E-state index contributed by atoms with van der Waals surface area (Å²) in [6.45, 7) is 9.40. The Kier molecular flexibility index (Phi) is 5.45. The summed E-state index contributed by atoms with van der Waals surface area (Å²) < 4.78 is 6.07. The van der Waals surface area contributed by atoms with Crippen LogP contribution in [0.1, 0.15) is 46.2 Å². The van der Waals surface area contributed by atoms with E-state index < -0.39 is 11.0 Å². The molecule has 118 valence electrons. The number of carbonyl (C=O) groups excluding carboxylic acids is 1. The van der Waals surface area contributed by atoms with E-state index in [9.17, 15) is 4.79 Å². The summed E-state index contributed by atoms with van der Waals surface area (Å²) in [6.07, 6.45) is 0. The van der Waals surface area contributed by atoms with Crippen LogP contribution in [0.4, 0.5) is 0 Å². The number of hydrogen-bond acceptors (Lipinski definition) is 3. The second-order valence-corrected chi connectivity index (χ2v) is 7.29. The zero-order chi connectivity index (χ0) is 16.4. The van der Waals surface area contributed by atoms with Crippen molar-refractivity contribution >= 4 is 21.8 Å². The van der Waals surface area contributed by atoms with Crippen LogP contribution in [-0.4, -0.2) is 18.6 Å². The highest BCUT2D eigenvalue weighted by atomic mass is 79.9. The summed E-state index contributed by atoms with van der Waals surface area (Å²) in [5.74, 6) is 0.704. The molecule has 0 radical (unpaired) electrons. The molecule has 4 nitrogen and oxygen atoms in total. The molecule has 0 aliphatic heterocycles. The maximum atomic E-state index is 12.5. The molecule has 1 unspecified atom stereocenters. The van der Waals surface area contributed by atoms with Gasteiger partial charge in [0.15, 0.2) is 0 Å². The van der Waals surface area contributed by atoms with E-state index in [2.05, 4.69) is 21.2 Å². The van der Waals surface area contributed by atoms with Crippen molar-refractivity contribution in [2.75, 3.05) is 7.11 Å². The lowest BCUT2D eigenvalue weighted by atomic mass is 9.74. The van der Waals surface area contributed by atoms with E-state index in [0.29, 0.717) is 0 Å². The first-order valence-electron chi connectivity index (χ1n) is 6.94. The van der Waals surface area contributed by atoms with Gasteiger partial charge in [-0.05, 0) is 68.2 Å². The first-order chi connectivity index (χ1) is 9.50. The molecule has 0 bridgehead atoms. The van der Waals surface area contributed by atoms with Crippen molar-refractivity contribution in [3.63, 3.8) is 0 Å². The van der Waals surface area contributed by atoms with Crippen LogP contribution in [0, 0.1) is 5.41 Å². The third kappa shape index (κ3) is 3.98. The molecule has 0 saturated carbocycles. The Hall–Kier alpha value is -1.07. The van der Waals surface area contributed by atoms with Crippen molar-refractivity contribution in [1.82, 2.24) is 5.32 Å². The predicted molar refractivity (Wildman–Crippen MR) is 89.3 cm³/mol. The van der Waals surface area contributed by atoms with E-state index in [-0.39, 0.29) is 11.9 Å². The molecule has 3 N–H and O–H groups in total. The van der Waals surface area contributed by atoms with Crippen molar-refractivity contribution in [2.24, 2.45) is 11.1 Å². The molecular weight excluding hydrogens is 332 g/mol. The van der Waals surface area contributed by atoms with Crippen LogP contribution in [-0.2, 0) is 4.79 Å². The van der Waals surface area contributed by atoms with Crippen LogP contribution in [0.15, 0.2) is 22.7 Å². The highest BCUT2D eigenvalue weighted by molar-refractivity contribution is 9.10. The maximum Gasteiger partial charge on any atom is 0.227 e. The molecule has 21 heavy (non-hydrogen) atoms. The fraction of sp³-hybridized carbons (Fsp3) is 0.562. The minimum atomic E-state index is -0.662. The minimum Gasteiger partial charge on any atom is -0.496 e. The normalized spacial score (nSPS) is 13.7. The zero-order valence-corrected chi connectivity index (χ0v) is 15.2. The highest BCUT2D eigenvalue weighted by Gasteiger charge is 2.40. The van der Waals surface area contributed by atoms with Gasteiger partial charge < -0.3 is 15.8 Å². The van der Waals surface area contributed by atoms with Gasteiger partial charge in [-0.25, -0.2) is 0 Å². The summed E-state index contributed by atoms with van der Waals surface area (Å²) >= 11 is 3.46. The standard InChI is InChI=1S/C16H25BrN2O2/c1-10(11-7-8-13(21-6)12(17)9-11)19-14(20)15(2,3)16(4,5)18/h7-10H,18H2,1-6H3,(H,19,20). The van der Waals surface area contributed by atoms with Gasteiger partial charge in [-0.15, -0.1) is 0 Å². The van der Waals surface area contributed by atoms with E-state index in [4.69, 9.17) is 10.5 Å². The lowest BCUT2D eigenvalue weighted by molar-refractivity contribution is -0.132. The largest absolute Gasteiger partial charge is 0.496 e. The van der Waals surface area contributed by atoms with Gasteiger partial charge in [0.2, 0.25) is 5.91 Å². The second-order valence-electron chi connectivity index (χ2n) is 6.44. The third-order valence-corrected chi connectivity index (χ3v) is 4.82. The van der Waals surface area contributed by atoms with Gasteiger partial charge in [0.25, 0.3) is 0 Å². The predicted octanol–water partition coefficient (Wildman–Crippen LogP) is 3.40. The molecule has 0 aromatic heterocycles. The summed E-state index contributed by atoms with van der Waals surface area (Å²) in [5.41, 5.74) is 5.85. The maximum absolute atomic E-state index is 12.5. The van der Waals surface area contributed by atoms with E-state index in [1.807, 2.05) is 52.8 Å². The highest BCUT2D eigenvalue weighted by Crippen LogP contribution is 2.31. The van der Waals surface area contributed by atoms with Crippen molar-refractivity contribution in [3.05, 3.63) is 28.2 Å². The lowest BCUT2D eigenvalue weighted by Crippen LogP contribution is -2.55. The molecule has 0 spiro atoms. The van der Waals surface area contributed by atoms with Crippen molar-refractivity contribution in [2.45, 2.75) is 46.2 Å². The molecular formula is C16H25BrN2O2. The van der Waals surface area contributed by atoms with E-state index in [1.54, 1.807) is 7.11 Å². The number of methoxy groups -OCH3 is 1. The number of halogens is 1. The van der Waals surface area contributed by atoms with Crippen LogP contribution in [0.25, 0.3) is 0 Å².